The summed E-state index contributed by atoms with van der Waals surface area (Å²) in [7, 11) is 1.57. The Morgan fingerprint density at radius 3 is 2.52 bits per heavy atom. The number of ketones is 1. The summed E-state index contributed by atoms with van der Waals surface area (Å²) in [5, 5.41) is 13.3. The Morgan fingerprint density at radius 2 is 1.79 bits per heavy atom. The first-order valence-electron chi connectivity index (χ1n) is 9.37. The fourth-order valence-electron chi connectivity index (χ4n) is 3.87. The van der Waals surface area contributed by atoms with Crippen LogP contribution in [-0.4, -0.2) is 42.3 Å². The van der Waals surface area contributed by atoms with E-state index in [2.05, 4.69) is 5.32 Å². The van der Waals surface area contributed by atoms with Crippen molar-refractivity contribution < 1.29 is 14.6 Å². The first-order chi connectivity index (χ1) is 13.7. The Bertz CT molecular complexity index is 1120. The highest BCUT2D eigenvalue weighted by Gasteiger charge is 2.32. The number of nitrogens with one attached hydrogen (secondary N) is 1. The van der Waals surface area contributed by atoms with Gasteiger partial charge in [0.1, 0.15) is 5.75 Å². The fraction of sp³-hybridized carbons (Fsp3) is 0.273. The van der Waals surface area contributed by atoms with Gasteiger partial charge in [0.25, 0.3) is 5.56 Å². The summed E-state index contributed by atoms with van der Waals surface area (Å²) >= 11 is 0. The zero-order valence-electron chi connectivity index (χ0n) is 16.1. The van der Waals surface area contributed by atoms with E-state index in [1.807, 2.05) is 30.3 Å². The molecular weight excluding hydrogens is 392 g/mol. The molecule has 4 rings (SSSR count). The van der Waals surface area contributed by atoms with Crippen LogP contribution in [0.2, 0.25) is 0 Å². The summed E-state index contributed by atoms with van der Waals surface area (Å²) in [5.41, 5.74) is 2.52. The Kier molecular flexibility index (Phi) is 6.37. The number of rotatable bonds is 7. The van der Waals surface area contributed by atoms with Gasteiger partial charge in [-0.3, -0.25) is 9.59 Å². The summed E-state index contributed by atoms with van der Waals surface area (Å²) in [4.78, 5) is 26.5. The van der Waals surface area contributed by atoms with E-state index in [4.69, 9.17) is 9.84 Å². The Balaban J connectivity index is 0.00000240. The Morgan fingerprint density at radius 1 is 1.03 bits per heavy atom. The highest BCUT2D eigenvalue weighted by molar-refractivity contribution is 6.26. The number of ether oxygens (including phenoxy) is 1. The minimum atomic E-state index is -0.0898. The molecule has 0 aliphatic heterocycles. The predicted octanol–water partition coefficient (Wildman–Crippen LogP) is 2.62. The quantitative estimate of drug-likeness (QED) is 0.454. The lowest BCUT2D eigenvalue weighted by Gasteiger charge is -2.15. The van der Waals surface area contributed by atoms with Crippen molar-refractivity contribution >= 4 is 29.0 Å². The molecule has 2 aromatic carbocycles. The van der Waals surface area contributed by atoms with Crippen molar-refractivity contribution in [2.45, 2.75) is 13.0 Å². The number of aliphatic hydroxyl groups is 1. The normalized spacial score (nSPS) is 11.9. The molecule has 1 aromatic heterocycles. The molecule has 0 radical (unpaired) electrons. The highest BCUT2D eigenvalue weighted by Crippen LogP contribution is 2.40. The molecule has 0 fully saturated rings. The van der Waals surface area contributed by atoms with E-state index in [0.717, 1.165) is 5.56 Å². The fourth-order valence-corrected chi connectivity index (χ4v) is 3.87. The lowest BCUT2D eigenvalue weighted by molar-refractivity contribution is 0.104. The standard InChI is InChI=1S/C22H22N2O4.ClH/c1-28-14-7-8-16-18(13-14)21(26)19-15-5-2-3-6-17(15)22(27)24(20(16)19)11-4-9-23-10-12-25;/h2-3,5-8,13,23,25H,4,9-12H2,1H3;1H. The van der Waals surface area contributed by atoms with Gasteiger partial charge < -0.3 is 19.7 Å². The molecule has 7 heteroatoms. The lowest BCUT2D eigenvalue weighted by Crippen LogP contribution is -2.26. The number of pyridine rings is 1. The molecule has 1 aliphatic carbocycles. The van der Waals surface area contributed by atoms with E-state index in [-0.39, 0.29) is 30.4 Å². The molecule has 3 aromatic rings. The molecule has 2 N–H and O–H groups in total. The van der Waals surface area contributed by atoms with Crippen LogP contribution >= 0.6 is 12.4 Å². The third kappa shape index (κ3) is 3.55. The van der Waals surface area contributed by atoms with Gasteiger partial charge in [-0.2, -0.15) is 0 Å². The number of aromatic nitrogens is 1. The summed E-state index contributed by atoms with van der Waals surface area (Å²) in [5.74, 6) is 0.540. The van der Waals surface area contributed by atoms with Gasteiger partial charge in [-0.25, -0.2) is 0 Å². The van der Waals surface area contributed by atoms with Crippen LogP contribution in [0, 0.1) is 0 Å². The molecular formula is C22H23ClN2O4. The van der Waals surface area contributed by atoms with E-state index >= 15 is 0 Å². The maximum absolute atomic E-state index is 13.2. The van der Waals surface area contributed by atoms with Gasteiger partial charge in [0.05, 0.1) is 25.0 Å². The van der Waals surface area contributed by atoms with Gasteiger partial charge in [0.15, 0.2) is 5.78 Å². The van der Waals surface area contributed by atoms with Crippen LogP contribution in [0.1, 0.15) is 22.3 Å². The second-order valence-corrected chi connectivity index (χ2v) is 6.79. The topological polar surface area (TPSA) is 80.6 Å². The van der Waals surface area contributed by atoms with Crippen LogP contribution in [0.5, 0.6) is 5.75 Å². The largest absolute Gasteiger partial charge is 0.497 e. The molecule has 1 aliphatic rings. The van der Waals surface area contributed by atoms with Crippen molar-refractivity contribution in [1.82, 2.24) is 9.88 Å². The van der Waals surface area contributed by atoms with E-state index in [1.54, 1.807) is 23.8 Å². The van der Waals surface area contributed by atoms with Crippen molar-refractivity contribution in [3.8, 4) is 17.0 Å². The molecule has 1 heterocycles. The van der Waals surface area contributed by atoms with Gasteiger partial charge in [0.2, 0.25) is 0 Å². The van der Waals surface area contributed by atoms with Gasteiger partial charge in [-0.1, -0.05) is 18.2 Å². The van der Waals surface area contributed by atoms with Crippen molar-refractivity contribution in [2.75, 3.05) is 26.8 Å². The van der Waals surface area contributed by atoms with E-state index in [0.29, 0.717) is 59.4 Å². The molecule has 152 valence electrons. The van der Waals surface area contributed by atoms with Gasteiger partial charge >= 0.3 is 0 Å². The third-order valence-electron chi connectivity index (χ3n) is 5.16. The van der Waals surface area contributed by atoms with Crippen LogP contribution in [0.15, 0.2) is 47.3 Å². The summed E-state index contributed by atoms with van der Waals surface area (Å²) in [6, 6.07) is 12.7. The number of hydrogen-bond acceptors (Lipinski definition) is 5. The molecule has 0 amide bonds. The number of carbonyl (C=O) groups is 1. The van der Waals surface area contributed by atoms with Crippen molar-refractivity contribution in [3.63, 3.8) is 0 Å². The van der Waals surface area contributed by atoms with E-state index in [1.165, 1.54) is 0 Å². The van der Waals surface area contributed by atoms with Crippen molar-refractivity contribution in [3.05, 3.63) is 63.9 Å². The maximum Gasteiger partial charge on any atom is 0.258 e. The highest BCUT2D eigenvalue weighted by atomic mass is 35.5. The second-order valence-electron chi connectivity index (χ2n) is 6.79. The van der Waals surface area contributed by atoms with E-state index < -0.39 is 0 Å². The zero-order chi connectivity index (χ0) is 19.7. The number of carbonyl (C=O) groups excluding carboxylic acids is 1. The molecule has 0 saturated carbocycles. The number of methoxy groups -OCH3 is 1. The van der Waals surface area contributed by atoms with Crippen molar-refractivity contribution in [2.24, 2.45) is 0 Å². The van der Waals surface area contributed by atoms with Crippen LogP contribution in [-0.2, 0) is 6.54 Å². The second kappa shape index (κ2) is 8.78. The maximum atomic E-state index is 13.2. The number of fused-ring (bicyclic) bond motifs is 5. The van der Waals surface area contributed by atoms with Gasteiger partial charge in [-0.15, -0.1) is 12.4 Å². The molecule has 29 heavy (non-hydrogen) atoms. The van der Waals surface area contributed by atoms with Crippen molar-refractivity contribution in [1.29, 1.82) is 0 Å². The minimum Gasteiger partial charge on any atom is -0.497 e. The zero-order valence-corrected chi connectivity index (χ0v) is 16.9. The summed E-state index contributed by atoms with van der Waals surface area (Å²) < 4.78 is 7.00. The first kappa shape index (κ1) is 21.0. The van der Waals surface area contributed by atoms with Crippen LogP contribution in [0.3, 0.4) is 0 Å². The summed E-state index contributed by atoms with van der Waals surface area (Å²) in [6.45, 7) is 1.77. The molecule has 6 nitrogen and oxygen atoms in total. The first-order valence-corrected chi connectivity index (χ1v) is 9.37. The Hall–Kier alpha value is -2.67. The average molecular weight is 415 g/mol. The van der Waals surface area contributed by atoms with Gasteiger partial charge in [0, 0.05) is 35.0 Å². The molecule has 0 saturated heterocycles. The van der Waals surface area contributed by atoms with Gasteiger partial charge in [-0.05, 0) is 37.2 Å². The number of benzene rings is 2. The monoisotopic (exact) mass is 414 g/mol. The SMILES string of the molecule is COc1ccc2c(c1)C(=O)c1c-2n(CCCNCCO)c(=O)c2ccccc12.Cl. The number of halogens is 1. The number of hydrogen-bond donors (Lipinski definition) is 2. The van der Waals surface area contributed by atoms with Crippen LogP contribution < -0.4 is 15.6 Å². The number of aliphatic hydroxyl groups excluding tert-OH is 1. The smallest absolute Gasteiger partial charge is 0.258 e. The number of nitrogens with zero attached hydrogens (tertiary/aromatic N) is 1. The Labute approximate surface area is 174 Å². The van der Waals surface area contributed by atoms with E-state index in [9.17, 15) is 9.59 Å². The predicted molar refractivity (Wildman–Crippen MR) is 115 cm³/mol. The molecule has 0 spiro atoms. The summed E-state index contributed by atoms with van der Waals surface area (Å²) in [6.07, 6.45) is 0.713. The molecule has 0 bridgehead atoms. The average Bonchev–Trinajstić information content (AvgIpc) is 3.02. The minimum absolute atomic E-state index is 0. The van der Waals surface area contributed by atoms with Crippen LogP contribution in [0.25, 0.3) is 22.0 Å². The third-order valence-corrected chi connectivity index (χ3v) is 5.16. The van der Waals surface area contributed by atoms with Crippen LogP contribution in [0.4, 0.5) is 0 Å². The lowest BCUT2D eigenvalue weighted by atomic mass is 10.0. The molecule has 0 atom stereocenters. The molecule has 0 unspecified atom stereocenters.